The largest absolute Gasteiger partial charge is 0.380 e. The monoisotopic (exact) mass is 343 g/mol. The van der Waals surface area contributed by atoms with Crippen molar-refractivity contribution in [1.82, 2.24) is 5.32 Å². The minimum absolute atomic E-state index is 0. The van der Waals surface area contributed by atoms with E-state index in [1.54, 1.807) is 7.11 Å². The van der Waals surface area contributed by atoms with Crippen LogP contribution in [0.15, 0.2) is 4.99 Å². The molecule has 1 heterocycles. The molecule has 1 rings (SSSR count). The number of guanidine groups is 1. The maximum absolute atomic E-state index is 5.68. The lowest BCUT2D eigenvalue weighted by Gasteiger charge is -2.12. The van der Waals surface area contributed by atoms with Gasteiger partial charge in [-0.05, 0) is 19.8 Å². The second-order valence-corrected chi connectivity index (χ2v) is 3.79. The summed E-state index contributed by atoms with van der Waals surface area (Å²) in [7, 11) is 1.66. The quantitative estimate of drug-likeness (QED) is 0.439. The highest BCUT2D eigenvalue weighted by molar-refractivity contribution is 14.0. The second-order valence-electron chi connectivity index (χ2n) is 3.79. The molecule has 1 aliphatic rings. The Labute approximate surface area is 114 Å². The topological polar surface area (TPSA) is 68.9 Å². The van der Waals surface area contributed by atoms with Crippen LogP contribution < -0.4 is 11.1 Å². The zero-order valence-electron chi connectivity index (χ0n) is 9.94. The SMILES string of the molecule is COC(C)CN=C(N)NCC1CCCO1.I. The Morgan fingerprint density at radius 3 is 3.00 bits per heavy atom. The molecule has 0 aromatic rings. The van der Waals surface area contributed by atoms with Crippen LogP contribution in [-0.2, 0) is 9.47 Å². The van der Waals surface area contributed by atoms with Gasteiger partial charge in [0.2, 0.25) is 0 Å². The van der Waals surface area contributed by atoms with Gasteiger partial charge < -0.3 is 20.5 Å². The summed E-state index contributed by atoms with van der Waals surface area (Å²) in [5, 5.41) is 3.05. The van der Waals surface area contributed by atoms with Crippen LogP contribution in [0.5, 0.6) is 0 Å². The Hall–Kier alpha value is -0.0800. The van der Waals surface area contributed by atoms with Crippen molar-refractivity contribution in [2.45, 2.75) is 32.0 Å². The van der Waals surface area contributed by atoms with Gasteiger partial charge >= 0.3 is 0 Å². The first kappa shape index (κ1) is 15.9. The van der Waals surface area contributed by atoms with E-state index in [4.69, 9.17) is 15.2 Å². The fourth-order valence-electron chi connectivity index (χ4n) is 1.38. The van der Waals surface area contributed by atoms with Gasteiger partial charge in [0.25, 0.3) is 0 Å². The van der Waals surface area contributed by atoms with Gasteiger partial charge in [0, 0.05) is 20.3 Å². The van der Waals surface area contributed by atoms with Crippen molar-refractivity contribution in [2.24, 2.45) is 10.7 Å². The Bertz CT molecular complexity index is 208. The molecule has 0 amide bonds. The summed E-state index contributed by atoms with van der Waals surface area (Å²) in [5.74, 6) is 0.467. The number of nitrogens with two attached hydrogens (primary N) is 1. The van der Waals surface area contributed by atoms with Crippen molar-refractivity contribution in [3.63, 3.8) is 0 Å². The summed E-state index contributed by atoms with van der Waals surface area (Å²) in [6, 6.07) is 0. The maximum atomic E-state index is 5.68. The molecule has 96 valence electrons. The standard InChI is InChI=1S/C10H21N3O2.HI/c1-8(14-2)6-12-10(11)13-7-9-4-3-5-15-9;/h8-9H,3-7H2,1-2H3,(H3,11,12,13);1H. The molecule has 0 spiro atoms. The van der Waals surface area contributed by atoms with Gasteiger partial charge in [-0.3, -0.25) is 4.99 Å². The molecule has 0 radical (unpaired) electrons. The van der Waals surface area contributed by atoms with Crippen LogP contribution in [0.3, 0.4) is 0 Å². The summed E-state index contributed by atoms with van der Waals surface area (Å²) in [4.78, 5) is 4.16. The van der Waals surface area contributed by atoms with Crippen LogP contribution in [0.2, 0.25) is 0 Å². The molecule has 3 N–H and O–H groups in total. The fraction of sp³-hybridized carbons (Fsp3) is 0.900. The van der Waals surface area contributed by atoms with E-state index in [2.05, 4.69) is 10.3 Å². The number of nitrogens with one attached hydrogen (secondary N) is 1. The smallest absolute Gasteiger partial charge is 0.188 e. The third-order valence-electron chi connectivity index (χ3n) is 2.46. The average Bonchev–Trinajstić information content (AvgIpc) is 2.75. The van der Waals surface area contributed by atoms with Crippen LogP contribution in [0.1, 0.15) is 19.8 Å². The highest BCUT2D eigenvalue weighted by Crippen LogP contribution is 2.10. The van der Waals surface area contributed by atoms with Crippen LogP contribution in [0.25, 0.3) is 0 Å². The summed E-state index contributed by atoms with van der Waals surface area (Å²) in [5.41, 5.74) is 5.68. The van der Waals surface area contributed by atoms with Crippen molar-refractivity contribution in [2.75, 3.05) is 26.8 Å². The number of halogens is 1. The Kier molecular flexibility index (Phi) is 8.96. The number of methoxy groups -OCH3 is 1. The minimum atomic E-state index is 0. The number of nitrogens with zero attached hydrogens (tertiary/aromatic N) is 1. The van der Waals surface area contributed by atoms with E-state index in [1.165, 1.54) is 0 Å². The van der Waals surface area contributed by atoms with E-state index in [-0.39, 0.29) is 30.1 Å². The first-order valence-electron chi connectivity index (χ1n) is 5.40. The number of ether oxygens (including phenoxy) is 2. The van der Waals surface area contributed by atoms with E-state index in [1.807, 2.05) is 6.92 Å². The van der Waals surface area contributed by atoms with Crippen molar-refractivity contribution in [1.29, 1.82) is 0 Å². The average molecular weight is 343 g/mol. The molecule has 1 aliphatic heterocycles. The van der Waals surface area contributed by atoms with E-state index >= 15 is 0 Å². The zero-order chi connectivity index (χ0) is 11.1. The minimum Gasteiger partial charge on any atom is -0.380 e. The summed E-state index contributed by atoms with van der Waals surface area (Å²) >= 11 is 0. The predicted molar refractivity (Wildman–Crippen MR) is 75.4 cm³/mol. The van der Waals surface area contributed by atoms with Crippen molar-refractivity contribution in [3.05, 3.63) is 0 Å². The molecule has 0 bridgehead atoms. The molecule has 16 heavy (non-hydrogen) atoms. The van der Waals surface area contributed by atoms with Gasteiger partial charge in [-0.25, -0.2) is 0 Å². The van der Waals surface area contributed by atoms with Gasteiger partial charge in [0.1, 0.15) is 0 Å². The highest BCUT2D eigenvalue weighted by atomic mass is 127. The summed E-state index contributed by atoms with van der Waals surface area (Å²) < 4.78 is 10.5. The first-order valence-corrected chi connectivity index (χ1v) is 5.40. The molecule has 2 unspecified atom stereocenters. The second kappa shape index (κ2) is 9.00. The van der Waals surface area contributed by atoms with Gasteiger partial charge in [-0.2, -0.15) is 0 Å². The Balaban J connectivity index is 0.00000225. The lowest BCUT2D eigenvalue weighted by atomic mass is 10.2. The molecule has 1 fully saturated rings. The normalized spacial score (nSPS) is 22.6. The molecule has 5 nitrogen and oxygen atoms in total. The van der Waals surface area contributed by atoms with E-state index in [0.717, 1.165) is 26.0 Å². The zero-order valence-corrected chi connectivity index (χ0v) is 12.3. The number of rotatable bonds is 5. The molecule has 6 heteroatoms. The van der Waals surface area contributed by atoms with Crippen LogP contribution >= 0.6 is 24.0 Å². The number of aliphatic imine (C=N–C) groups is 1. The van der Waals surface area contributed by atoms with Gasteiger partial charge in [-0.1, -0.05) is 0 Å². The molecule has 0 aromatic carbocycles. The first-order chi connectivity index (χ1) is 7.22. The lowest BCUT2D eigenvalue weighted by Crippen LogP contribution is -2.37. The van der Waals surface area contributed by atoms with Crippen molar-refractivity contribution >= 4 is 29.9 Å². The van der Waals surface area contributed by atoms with Gasteiger partial charge in [0.15, 0.2) is 5.96 Å². The van der Waals surface area contributed by atoms with Gasteiger partial charge in [-0.15, -0.1) is 24.0 Å². The number of hydrogen-bond donors (Lipinski definition) is 2. The molecule has 1 saturated heterocycles. The van der Waals surface area contributed by atoms with Crippen LogP contribution in [0.4, 0.5) is 0 Å². The molecule has 0 aromatic heterocycles. The van der Waals surface area contributed by atoms with E-state index < -0.39 is 0 Å². The molecular weight excluding hydrogens is 321 g/mol. The van der Waals surface area contributed by atoms with Crippen molar-refractivity contribution in [3.8, 4) is 0 Å². The molecule has 0 aliphatic carbocycles. The fourth-order valence-corrected chi connectivity index (χ4v) is 1.38. The van der Waals surface area contributed by atoms with Crippen LogP contribution in [0, 0.1) is 0 Å². The maximum Gasteiger partial charge on any atom is 0.188 e. The van der Waals surface area contributed by atoms with Crippen LogP contribution in [-0.4, -0.2) is 45.0 Å². The lowest BCUT2D eigenvalue weighted by molar-refractivity contribution is 0.113. The molecule has 0 saturated carbocycles. The molecular formula is C10H22IN3O2. The number of hydrogen-bond acceptors (Lipinski definition) is 3. The van der Waals surface area contributed by atoms with E-state index in [0.29, 0.717) is 18.6 Å². The molecule has 2 atom stereocenters. The third-order valence-corrected chi connectivity index (χ3v) is 2.46. The predicted octanol–water partition coefficient (Wildman–Crippen LogP) is 0.723. The Morgan fingerprint density at radius 1 is 1.69 bits per heavy atom. The summed E-state index contributed by atoms with van der Waals surface area (Å²) in [6.07, 6.45) is 2.64. The Morgan fingerprint density at radius 2 is 2.44 bits per heavy atom. The van der Waals surface area contributed by atoms with Gasteiger partial charge in [0.05, 0.1) is 18.8 Å². The third kappa shape index (κ3) is 6.49. The highest BCUT2D eigenvalue weighted by Gasteiger charge is 2.14. The van der Waals surface area contributed by atoms with E-state index in [9.17, 15) is 0 Å². The summed E-state index contributed by atoms with van der Waals surface area (Å²) in [6.45, 7) is 4.15. The van der Waals surface area contributed by atoms with Crippen molar-refractivity contribution < 1.29 is 9.47 Å².